The van der Waals surface area contributed by atoms with Gasteiger partial charge in [0.25, 0.3) is 0 Å². The molecular weight excluding hydrogens is 377 g/mol. The zero-order chi connectivity index (χ0) is 19.9. The predicted molar refractivity (Wildman–Crippen MR) is 109 cm³/mol. The number of thioether (sulfide) groups is 1. The molecule has 0 saturated carbocycles. The first-order valence-corrected chi connectivity index (χ1v) is 9.86. The summed E-state index contributed by atoms with van der Waals surface area (Å²) in [5, 5.41) is 19.4. The molecule has 28 heavy (non-hydrogen) atoms. The highest BCUT2D eigenvalue weighted by atomic mass is 32.2. The Kier molecular flexibility index (Phi) is 6.84. The van der Waals surface area contributed by atoms with Crippen LogP contribution in [0.25, 0.3) is 11.4 Å². The van der Waals surface area contributed by atoms with Crippen LogP contribution >= 0.6 is 11.8 Å². The number of aromatic nitrogens is 3. The second-order valence-electron chi connectivity index (χ2n) is 6.25. The van der Waals surface area contributed by atoms with Crippen molar-refractivity contribution in [2.45, 2.75) is 24.7 Å². The van der Waals surface area contributed by atoms with Gasteiger partial charge < -0.3 is 9.84 Å². The van der Waals surface area contributed by atoms with E-state index >= 15 is 0 Å². The molecular formula is C21H22FN3O2S. The Morgan fingerprint density at radius 1 is 1.21 bits per heavy atom. The molecule has 0 saturated heterocycles. The minimum atomic E-state index is -0.659. The Balaban J connectivity index is 1.64. The number of nitrogens with zero attached hydrogens (tertiary/aromatic N) is 3. The minimum Gasteiger partial charge on any atom is -0.491 e. The summed E-state index contributed by atoms with van der Waals surface area (Å²) in [5.74, 6) is 1.50. The van der Waals surface area contributed by atoms with Gasteiger partial charge >= 0.3 is 0 Å². The van der Waals surface area contributed by atoms with E-state index in [0.29, 0.717) is 23.3 Å². The van der Waals surface area contributed by atoms with Crippen LogP contribution in [0.15, 0.2) is 66.3 Å². The summed E-state index contributed by atoms with van der Waals surface area (Å²) in [6, 6.07) is 13.8. The molecule has 1 heterocycles. The summed E-state index contributed by atoms with van der Waals surface area (Å²) in [4.78, 5) is 0. The lowest BCUT2D eigenvalue weighted by Gasteiger charge is -2.14. The molecule has 0 aliphatic heterocycles. The molecule has 7 heteroatoms. The minimum absolute atomic E-state index is 0.193. The van der Waals surface area contributed by atoms with Gasteiger partial charge in [0.05, 0.1) is 6.10 Å². The quantitative estimate of drug-likeness (QED) is 0.433. The van der Waals surface area contributed by atoms with Crippen LogP contribution in [0.5, 0.6) is 5.75 Å². The van der Waals surface area contributed by atoms with Crippen LogP contribution in [-0.4, -0.2) is 38.3 Å². The van der Waals surface area contributed by atoms with E-state index in [1.54, 1.807) is 18.2 Å². The molecule has 0 bridgehead atoms. The molecule has 5 nitrogen and oxygen atoms in total. The zero-order valence-electron chi connectivity index (χ0n) is 15.6. The lowest BCUT2D eigenvalue weighted by Crippen LogP contribution is -2.20. The maximum absolute atomic E-state index is 13.2. The van der Waals surface area contributed by atoms with Gasteiger partial charge in [0.1, 0.15) is 18.2 Å². The highest BCUT2D eigenvalue weighted by Crippen LogP contribution is 2.25. The number of allylic oxidation sites excluding steroid dienone is 1. The second kappa shape index (κ2) is 9.52. The number of ether oxygens (including phenoxy) is 1. The molecule has 146 valence electrons. The van der Waals surface area contributed by atoms with E-state index in [1.165, 1.54) is 23.9 Å². The third kappa shape index (κ3) is 4.99. The Morgan fingerprint density at radius 3 is 2.68 bits per heavy atom. The summed E-state index contributed by atoms with van der Waals surface area (Å²) in [6.45, 7) is 6.44. The molecule has 1 atom stereocenters. The fraction of sp³-hybridized carbons (Fsp3) is 0.238. The first kappa shape index (κ1) is 20.1. The third-order valence-corrected chi connectivity index (χ3v) is 5.17. The van der Waals surface area contributed by atoms with Crippen molar-refractivity contribution in [2.75, 3.05) is 12.4 Å². The largest absolute Gasteiger partial charge is 0.491 e. The van der Waals surface area contributed by atoms with Crippen molar-refractivity contribution in [1.29, 1.82) is 0 Å². The van der Waals surface area contributed by atoms with Crippen LogP contribution < -0.4 is 4.74 Å². The number of hydrogen-bond donors (Lipinski definition) is 1. The van der Waals surface area contributed by atoms with Crippen molar-refractivity contribution in [1.82, 2.24) is 14.8 Å². The van der Waals surface area contributed by atoms with Crippen molar-refractivity contribution in [3.8, 4) is 17.1 Å². The molecule has 1 aromatic heterocycles. The van der Waals surface area contributed by atoms with Crippen LogP contribution in [-0.2, 0) is 6.54 Å². The van der Waals surface area contributed by atoms with Gasteiger partial charge in [-0.25, -0.2) is 4.39 Å². The van der Waals surface area contributed by atoms with Gasteiger partial charge in [-0.2, -0.15) is 0 Å². The molecule has 0 aliphatic carbocycles. The summed E-state index contributed by atoms with van der Waals surface area (Å²) in [7, 11) is 0. The molecule has 0 spiro atoms. The number of aliphatic hydroxyl groups is 1. The summed E-state index contributed by atoms with van der Waals surface area (Å²) >= 11 is 1.39. The first-order valence-electron chi connectivity index (χ1n) is 8.88. The van der Waals surface area contributed by atoms with Gasteiger partial charge in [0.2, 0.25) is 0 Å². The fourth-order valence-electron chi connectivity index (χ4n) is 2.62. The van der Waals surface area contributed by atoms with Gasteiger partial charge in [-0.05, 0) is 42.8 Å². The van der Waals surface area contributed by atoms with Crippen LogP contribution in [0.1, 0.15) is 5.56 Å². The molecule has 0 amide bonds. The van der Waals surface area contributed by atoms with Gasteiger partial charge in [-0.1, -0.05) is 36.0 Å². The fourth-order valence-corrected chi connectivity index (χ4v) is 3.48. The molecule has 3 aromatic rings. The molecule has 0 fully saturated rings. The van der Waals surface area contributed by atoms with Gasteiger partial charge in [-0.3, -0.25) is 4.57 Å². The molecule has 0 unspecified atom stereocenters. The Bertz CT molecular complexity index is 928. The number of aryl methyl sites for hydroxylation is 1. The number of aliphatic hydroxyl groups excluding tert-OH is 1. The van der Waals surface area contributed by atoms with Gasteiger partial charge in [0.15, 0.2) is 11.0 Å². The van der Waals surface area contributed by atoms with E-state index in [4.69, 9.17) is 4.74 Å². The molecule has 2 aromatic carbocycles. The predicted octanol–water partition coefficient (Wildman–Crippen LogP) is 4.11. The highest BCUT2D eigenvalue weighted by molar-refractivity contribution is 7.99. The van der Waals surface area contributed by atoms with Crippen LogP contribution in [0.4, 0.5) is 4.39 Å². The average Bonchev–Trinajstić information content (AvgIpc) is 3.09. The lowest BCUT2D eigenvalue weighted by molar-refractivity contribution is 0.126. The Hall–Kier alpha value is -2.64. The van der Waals surface area contributed by atoms with Crippen molar-refractivity contribution in [3.05, 3.63) is 72.6 Å². The number of hydrogen-bond acceptors (Lipinski definition) is 5. The van der Waals surface area contributed by atoms with Crippen LogP contribution in [0, 0.1) is 12.7 Å². The summed E-state index contributed by atoms with van der Waals surface area (Å²) in [6.07, 6.45) is 1.09. The van der Waals surface area contributed by atoms with Crippen molar-refractivity contribution in [2.24, 2.45) is 0 Å². The van der Waals surface area contributed by atoms with E-state index in [9.17, 15) is 9.50 Å². The molecule has 0 radical (unpaired) electrons. The molecule has 1 N–H and O–H groups in total. The maximum Gasteiger partial charge on any atom is 0.191 e. The molecule has 3 rings (SSSR count). The number of halogens is 1. The van der Waals surface area contributed by atoms with Crippen molar-refractivity contribution >= 4 is 11.8 Å². The maximum atomic E-state index is 13.2. The highest BCUT2D eigenvalue weighted by Gasteiger charge is 2.16. The van der Waals surface area contributed by atoms with E-state index in [0.717, 1.165) is 16.9 Å². The van der Waals surface area contributed by atoms with E-state index in [2.05, 4.69) is 16.8 Å². The standard InChI is InChI=1S/C21H22FN3O2S/c1-3-12-25-20(16-8-10-17(22)11-9-16)23-24-21(25)28-14-18(26)13-27-19-7-5-4-6-15(19)2/h3-11,18,26H,1,12-14H2,2H3/t18-/m0/s1. The average molecular weight is 399 g/mol. The lowest BCUT2D eigenvalue weighted by atomic mass is 10.2. The van der Waals surface area contributed by atoms with Crippen LogP contribution in [0.3, 0.4) is 0 Å². The zero-order valence-corrected chi connectivity index (χ0v) is 16.4. The van der Waals surface area contributed by atoms with Crippen LogP contribution in [0.2, 0.25) is 0 Å². The third-order valence-electron chi connectivity index (χ3n) is 4.06. The smallest absolute Gasteiger partial charge is 0.191 e. The van der Waals surface area contributed by atoms with Crippen molar-refractivity contribution < 1.29 is 14.2 Å². The SMILES string of the molecule is C=CCn1c(SC[C@@H](O)COc2ccccc2C)nnc1-c1ccc(F)cc1. The normalized spacial score (nSPS) is 12.0. The van der Waals surface area contributed by atoms with Crippen molar-refractivity contribution in [3.63, 3.8) is 0 Å². The van der Waals surface area contributed by atoms with E-state index in [1.807, 2.05) is 35.8 Å². The molecule has 0 aliphatic rings. The Morgan fingerprint density at radius 2 is 1.96 bits per heavy atom. The van der Waals surface area contributed by atoms with Gasteiger partial charge in [0, 0.05) is 17.9 Å². The second-order valence-corrected chi connectivity index (χ2v) is 7.24. The summed E-state index contributed by atoms with van der Waals surface area (Å²) in [5.41, 5.74) is 1.79. The van der Waals surface area contributed by atoms with Gasteiger partial charge in [-0.15, -0.1) is 16.8 Å². The topological polar surface area (TPSA) is 60.2 Å². The van der Waals surface area contributed by atoms with E-state index < -0.39 is 6.10 Å². The first-order chi connectivity index (χ1) is 13.6. The van der Waals surface area contributed by atoms with E-state index in [-0.39, 0.29) is 12.4 Å². The number of para-hydroxylation sites is 1. The Labute approximate surface area is 167 Å². The number of rotatable bonds is 9. The summed E-state index contributed by atoms with van der Waals surface area (Å²) < 4.78 is 20.8. The number of benzene rings is 2. The monoisotopic (exact) mass is 399 g/mol.